The summed E-state index contributed by atoms with van der Waals surface area (Å²) in [6.45, 7) is 2.39. The molecule has 1 fully saturated rings. The topological polar surface area (TPSA) is 53.9 Å². The Hall–Kier alpha value is -0.330. The Kier molecular flexibility index (Phi) is 4.05. The third kappa shape index (κ3) is 2.49. The van der Waals surface area contributed by atoms with Crippen molar-refractivity contribution in [3.63, 3.8) is 0 Å². The van der Waals surface area contributed by atoms with Crippen LogP contribution in [0.4, 0.5) is 4.39 Å². The summed E-state index contributed by atoms with van der Waals surface area (Å²) >= 11 is 1.45. The molecule has 1 saturated heterocycles. The van der Waals surface area contributed by atoms with Crippen LogP contribution in [0, 0.1) is 0 Å². The van der Waals surface area contributed by atoms with E-state index in [1.165, 1.54) is 11.8 Å². The van der Waals surface area contributed by atoms with Crippen LogP contribution in [0.1, 0.15) is 19.8 Å². The summed E-state index contributed by atoms with van der Waals surface area (Å²) < 4.78 is 18.0. The van der Waals surface area contributed by atoms with E-state index >= 15 is 0 Å². The van der Waals surface area contributed by atoms with E-state index in [9.17, 15) is 9.50 Å². The van der Waals surface area contributed by atoms with E-state index in [1.54, 1.807) is 0 Å². The first kappa shape index (κ1) is 12.1. The van der Waals surface area contributed by atoms with E-state index in [0.29, 0.717) is 6.42 Å². The molecule has 0 radical (unpaired) electrons. The quantitative estimate of drug-likeness (QED) is 0.779. The number of alkyl halides is 1. The van der Waals surface area contributed by atoms with Gasteiger partial charge in [-0.15, -0.1) is 0 Å². The van der Waals surface area contributed by atoms with E-state index in [1.807, 2.05) is 0 Å². The summed E-state index contributed by atoms with van der Waals surface area (Å²) in [5.41, 5.74) is -0.233. The van der Waals surface area contributed by atoms with Crippen LogP contribution in [-0.4, -0.2) is 47.2 Å². The fourth-order valence-corrected chi connectivity index (χ4v) is 3.04. The van der Waals surface area contributed by atoms with Crippen molar-refractivity contribution < 1.29 is 14.2 Å². The number of aliphatic imine (C=N–C) groups is 1. The van der Waals surface area contributed by atoms with Gasteiger partial charge in [0.15, 0.2) is 5.17 Å². The number of rotatable bonds is 3. The SMILES string of the molecule is CCCNC1=N[C@H]2[C@H](O[C@H](CF)C[C@@H]2O)S1. The summed E-state index contributed by atoms with van der Waals surface area (Å²) in [5.74, 6) is 0. The average Bonchev–Trinajstić information content (AvgIpc) is 2.69. The van der Waals surface area contributed by atoms with Gasteiger partial charge in [0.2, 0.25) is 0 Å². The van der Waals surface area contributed by atoms with Crippen LogP contribution < -0.4 is 5.32 Å². The highest BCUT2D eigenvalue weighted by Crippen LogP contribution is 2.35. The summed E-state index contributed by atoms with van der Waals surface area (Å²) in [4.78, 5) is 4.37. The Morgan fingerprint density at radius 1 is 1.69 bits per heavy atom. The van der Waals surface area contributed by atoms with Crippen LogP contribution in [-0.2, 0) is 4.74 Å². The van der Waals surface area contributed by atoms with E-state index in [0.717, 1.165) is 18.1 Å². The van der Waals surface area contributed by atoms with Crippen LogP contribution in [0.15, 0.2) is 4.99 Å². The minimum atomic E-state index is -0.590. The lowest BCUT2D eigenvalue weighted by Crippen LogP contribution is -2.44. The number of aliphatic hydroxyl groups excluding tert-OH is 1. The number of thioether (sulfide) groups is 1. The molecule has 2 aliphatic rings. The maximum absolute atomic E-state index is 12.5. The molecule has 0 spiro atoms. The highest BCUT2D eigenvalue weighted by Gasteiger charge is 2.42. The maximum atomic E-state index is 12.5. The number of fused-ring (bicyclic) bond motifs is 1. The number of nitrogens with one attached hydrogen (secondary N) is 1. The third-order valence-electron chi connectivity index (χ3n) is 2.70. The largest absolute Gasteiger partial charge is 0.391 e. The van der Waals surface area contributed by atoms with Crippen molar-refractivity contribution in [2.45, 2.75) is 43.5 Å². The second-order valence-electron chi connectivity index (χ2n) is 4.05. The van der Waals surface area contributed by atoms with E-state index in [-0.39, 0.29) is 11.5 Å². The number of ether oxygens (including phenoxy) is 1. The molecule has 2 N–H and O–H groups in total. The van der Waals surface area contributed by atoms with E-state index in [2.05, 4.69) is 17.2 Å². The molecule has 0 aromatic heterocycles. The summed E-state index contributed by atoms with van der Waals surface area (Å²) in [5, 5.41) is 13.8. The van der Waals surface area contributed by atoms with Crippen LogP contribution in [0.5, 0.6) is 0 Å². The molecule has 0 amide bonds. The van der Waals surface area contributed by atoms with Crippen molar-refractivity contribution in [3.05, 3.63) is 0 Å². The Balaban J connectivity index is 1.94. The van der Waals surface area contributed by atoms with Gasteiger partial charge in [-0.2, -0.15) is 0 Å². The number of hydrogen-bond acceptors (Lipinski definition) is 5. The Morgan fingerprint density at radius 2 is 2.50 bits per heavy atom. The highest BCUT2D eigenvalue weighted by molar-refractivity contribution is 8.14. The zero-order valence-electron chi connectivity index (χ0n) is 9.23. The van der Waals surface area contributed by atoms with Gasteiger partial charge in [0.1, 0.15) is 18.2 Å². The van der Waals surface area contributed by atoms with E-state index < -0.39 is 18.9 Å². The molecule has 0 unspecified atom stereocenters. The predicted molar refractivity (Wildman–Crippen MR) is 62.4 cm³/mol. The van der Waals surface area contributed by atoms with Gasteiger partial charge in [0.05, 0.1) is 12.2 Å². The van der Waals surface area contributed by atoms with Gasteiger partial charge in [-0.3, -0.25) is 4.99 Å². The minimum absolute atomic E-state index is 0.233. The molecule has 0 saturated carbocycles. The normalized spacial score (nSPS) is 38.1. The van der Waals surface area contributed by atoms with Crippen LogP contribution in [0.25, 0.3) is 0 Å². The fourth-order valence-electron chi connectivity index (χ4n) is 1.85. The molecule has 0 bridgehead atoms. The second kappa shape index (κ2) is 5.33. The standard InChI is InChI=1S/C10H17FN2O2S/c1-2-3-12-10-13-8-7(14)4-6(5-11)15-9(8)16-10/h6-9,14H,2-5H2,1H3,(H,12,13)/t6-,7-,8+,9+/m0/s1. The summed E-state index contributed by atoms with van der Waals surface area (Å²) in [6, 6.07) is -0.243. The lowest BCUT2D eigenvalue weighted by molar-refractivity contribution is -0.0770. The maximum Gasteiger partial charge on any atom is 0.159 e. The molecule has 0 aliphatic carbocycles. The molecule has 92 valence electrons. The minimum Gasteiger partial charge on any atom is -0.391 e. The molecule has 2 rings (SSSR count). The predicted octanol–water partition coefficient (Wildman–Crippen LogP) is 0.903. The Morgan fingerprint density at radius 3 is 3.19 bits per heavy atom. The lowest BCUT2D eigenvalue weighted by Gasteiger charge is -2.32. The number of amidine groups is 1. The molecule has 4 atom stereocenters. The van der Waals surface area contributed by atoms with Gasteiger partial charge in [0.25, 0.3) is 0 Å². The zero-order valence-corrected chi connectivity index (χ0v) is 10.0. The van der Waals surface area contributed by atoms with Gasteiger partial charge < -0.3 is 15.2 Å². The number of halogens is 1. The summed E-state index contributed by atoms with van der Waals surface area (Å²) in [7, 11) is 0. The zero-order chi connectivity index (χ0) is 11.5. The molecule has 4 nitrogen and oxygen atoms in total. The van der Waals surface area contributed by atoms with Crippen LogP contribution in [0.2, 0.25) is 0 Å². The Bertz CT molecular complexity index is 278. The number of aliphatic hydroxyl groups is 1. The Labute approximate surface area is 98.7 Å². The van der Waals surface area contributed by atoms with Gasteiger partial charge in [0, 0.05) is 13.0 Å². The van der Waals surface area contributed by atoms with Crippen molar-refractivity contribution in [1.82, 2.24) is 5.32 Å². The summed E-state index contributed by atoms with van der Waals surface area (Å²) in [6.07, 6.45) is 0.284. The van der Waals surface area contributed by atoms with Crippen LogP contribution >= 0.6 is 11.8 Å². The van der Waals surface area contributed by atoms with Crippen molar-refractivity contribution in [3.8, 4) is 0 Å². The van der Waals surface area contributed by atoms with Crippen molar-refractivity contribution in [2.24, 2.45) is 4.99 Å². The van der Waals surface area contributed by atoms with Crippen molar-refractivity contribution in [1.29, 1.82) is 0 Å². The molecule has 16 heavy (non-hydrogen) atoms. The molecule has 2 aliphatic heterocycles. The van der Waals surface area contributed by atoms with Gasteiger partial charge in [-0.05, 0) is 6.42 Å². The van der Waals surface area contributed by atoms with Gasteiger partial charge in [-0.1, -0.05) is 18.7 Å². The number of nitrogens with zero attached hydrogens (tertiary/aromatic N) is 1. The first-order valence-corrected chi connectivity index (χ1v) is 6.50. The molecule has 0 aromatic carbocycles. The van der Waals surface area contributed by atoms with Gasteiger partial charge >= 0.3 is 0 Å². The van der Waals surface area contributed by atoms with Crippen molar-refractivity contribution in [2.75, 3.05) is 13.2 Å². The first-order chi connectivity index (χ1) is 7.74. The fraction of sp³-hybridized carbons (Fsp3) is 0.900. The van der Waals surface area contributed by atoms with E-state index in [4.69, 9.17) is 4.74 Å². The highest BCUT2D eigenvalue weighted by atomic mass is 32.2. The average molecular weight is 248 g/mol. The first-order valence-electron chi connectivity index (χ1n) is 5.62. The second-order valence-corrected chi connectivity index (χ2v) is 5.14. The van der Waals surface area contributed by atoms with Crippen LogP contribution in [0.3, 0.4) is 0 Å². The molecular formula is C10H17FN2O2S. The molecule has 0 aromatic rings. The van der Waals surface area contributed by atoms with Crippen molar-refractivity contribution >= 4 is 16.9 Å². The van der Waals surface area contributed by atoms with Gasteiger partial charge in [-0.25, -0.2) is 4.39 Å². The third-order valence-corrected chi connectivity index (χ3v) is 3.79. The molecule has 2 heterocycles. The monoisotopic (exact) mass is 248 g/mol. The smallest absolute Gasteiger partial charge is 0.159 e. The molecule has 6 heteroatoms. The molecular weight excluding hydrogens is 231 g/mol. The number of hydrogen-bond donors (Lipinski definition) is 2. The lowest BCUT2D eigenvalue weighted by atomic mass is 10.0.